The third-order valence-corrected chi connectivity index (χ3v) is 1.67. The molecule has 0 saturated heterocycles. The van der Waals surface area contributed by atoms with E-state index in [1.807, 2.05) is 0 Å². The first-order chi connectivity index (χ1) is 6.49. The monoisotopic (exact) mass is 211 g/mol. The maximum Gasteiger partial charge on any atom is 0.414 e. The van der Waals surface area contributed by atoms with Gasteiger partial charge in [-0.2, -0.15) is 13.2 Å². The second kappa shape index (κ2) is 4.50. The maximum atomic E-state index is 11.7. The van der Waals surface area contributed by atoms with Gasteiger partial charge in [-0.25, -0.2) is 5.48 Å². The first-order valence-corrected chi connectivity index (χ1v) is 4.19. The minimum Gasteiger partial charge on any atom is -0.344 e. The Morgan fingerprint density at radius 1 is 1.57 bits per heavy atom. The highest BCUT2D eigenvalue weighted by atomic mass is 19.4. The Kier molecular flexibility index (Phi) is 3.56. The van der Waals surface area contributed by atoms with E-state index in [1.54, 1.807) is 11.9 Å². The summed E-state index contributed by atoms with van der Waals surface area (Å²) in [6.45, 7) is 0.0587. The average Bonchev–Trinajstić information content (AvgIpc) is 2.06. The number of alkyl halides is 3. The van der Waals surface area contributed by atoms with Crippen molar-refractivity contribution in [2.24, 2.45) is 4.99 Å². The molecule has 0 atom stereocenters. The van der Waals surface area contributed by atoms with Crippen molar-refractivity contribution in [3.05, 3.63) is 0 Å². The molecule has 1 heterocycles. The molecule has 0 radical (unpaired) electrons. The highest BCUT2D eigenvalue weighted by Gasteiger charge is 2.28. The molecule has 0 aliphatic carbocycles. The van der Waals surface area contributed by atoms with Crippen LogP contribution in [-0.4, -0.2) is 43.8 Å². The lowest BCUT2D eigenvalue weighted by Crippen LogP contribution is -2.43. The van der Waals surface area contributed by atoms with Crippen LogP contribution in [0.5, 0.6) is 0 Å². The number of hydroxylamine groups is 1. The summed E-state index contributed by atoms with van der Waals surface area (Å²) in [4.78, 5) is 9.94. The van der Waals surface area contributed by atoms with E-state index >= 15 is 0 Å². The van der Waals surface area contributed by atoms with Crippen LogP contribution < -0.4 is 5.48 Å². The largest absolute Gasteiger partial charge is 0.414 e. The highest BCUT2D eigenvalue weighted by molar-refractivity contribution is 5.79. The van der Waals surface area contributed by atoms with Gasteiger partial charge in [0, 0.05) is 20.1 Å². The minimum absolute atomic E-state index is 0.348. The van der Waals surface area contributed by atoms with Gasteiger partial charge >= 0.3 is 6.18 Å². The van der Waals surface area contributed by atoms with E-state index in [0.717, 1.165) is 13.0 Å². The van der Waals surface area contributed by atoms with Crippen molar-refractivity contribution in [3.63, 3.8) is 0 Å². The zero-order valence-corrected chi connectivity index (χ0v) is 7.76. The van der Waals surface area contributed by atoms with Crippen LogP contribution in [0.2, 0.25) is 0 Å². The fraction of sp³-hybridized carbons (Fsp3) is 0.857. The number of halogens is 3. The summed E-state index contributed by atoms with van der Waals surface area (Å²) in [5.41, 5.74) is 2.18. The lowest BCUT2D eigenvalue weighted by molar-refractivity contribution is -0.183. The molecule has 1 aliphatic heterocycles. The molecule has 0 amide bonds. The van der Waals surface area contributed by atoms with Gasteiger partial charge in [0.25, 0.3) is 0 Å². The predicted octanol–water partition coefficient (Wildman–Crippen LogP) is 0.761. The molecule has 1 rings (SSSR count). The summed E-state index contributed by atoms with van der Waals surface area (Å²) >= 11 is 0. The van der Waals surface area contributed by atoms with E-state index in [4.69, 9.17) is 0 Å². The van der Waals surface area contributed by atoms with Gasteiger partial charge in [0.2, 0.25) is 5.96 Å². The van der Waals surface area contributed by atoms with E-state index < -0.39 is 12.8 Å². The van der Waals surface area contributed by atoms with E-state index in [1.165, 1.54) is 0 Å². The second-order valence-corrected chi connectivity index (χ2v) is 2.99. The van der Waals surface area contributed by atoms with Crippen LogP contribution in [0, 0.1) is 0 Å². The third kappa shape index (κ3) is 3.82. The van der Waals surface area contributed by atoms with Crippen LogP contribution in [0.1, 0.15) is 6.42 Å². The summed E-state index contributed by atoms with van der Waals surface area (Å²) in [5.74, 6) is 0.348. The van der Waals surface area contributed by atoms with Crippen LogP contribution in [0.4, 0.5) is 13.2 Å². The fourth-order valence-electron chi connectivity index (χ4n) is 1.01. The number of nitrogens with one attached hydrogen (secondary N) is 1. The molecular formula is C7H12F3N3O. The van der Waals surface area contributed by atoms with Crippen LogP contribution >= 0.6 is 0 Å². The zero-order valence-electron chi connectivity index (χ0n) is 7.76. The lowest BCUT2D eigenvalue weighted by Gasteiger charge is -2.25. The van der Waals surface area contributed by atoms with Gasteiger partial charge in [0.05, 0.1) is 0 Å². The Morgan fingerprint density at radius 2 is 2.29 bits per heavy atom. The van der Waals surface area contributed by atoms with Crippen molar-refractivity contribution in [2.45, 2.75) is 12.6 Å². The standard InChI is InChI=1S/C7H12F3N3O/c1-13-4-2-3-11-6(13)12-14-5-7(8,9)10/h2-5H2,1H3,(H,11,12). The van der Waals surface area contributed by atoms with E-state index in [2.05, 4.69) is 15.3 Å². The van der Waals surface area contributed by atoms with E-state index in [-0.39, 0.29) is 0 Å². The first-order valence-electron chi connectivity index (χ1n) is 4.19. The van der Waals surface area contributed by atoms with Crippen LogP contribution in [0.15, 0.2) is 4.99 Å². The predicted molar refractivity (Wildman–Crippen MR) is 44.7 cm³/mol. The molecule has 0 unspecified atom stereocenters. The lowest BCUT2D eigenvalue weighted by atomic mass is 10.4. The highest BCUT2D eigenvalue weighted by Crippen LogP contribution is 2.13. The minimum atomic E-state index is -4.32. The molecule has 0 aromatic rings. The summed E-state index contributed by atoms with van der Waals surface area (Å²) in [7, 11) is 1.74. The Hall–Kier alpha value is -0.980. The third-order valence-electron chi connectivity index (χ3n) is 1.67. The summed E-state index contributed by atoms with van der Waals surface area (Å²) in [6.07, 6.45) is -3.41. The van der Waals surface area contributed by atoms with Gasteiger partial charge in [0.15, 0.2) is 6.61 Å². The number of hydrogen-bond acceptors (Lipinski definition) is 4. The Balaban J connectivity index is 2.27. The van der Waals surface area contributed by atoms with Gasteiger partial charge in [-0.3, -0.25) is 9.83 Å². The molecule has 14 heavy (non-hydrogen) atoms. The normalized spacial score (nSPS) is 18.0. The quantitative estimate of drug-likeness (QED) is 0.685. The Labute approximate surface area is 79.7 Å². The summed E-state index contributed by atoms with van der Waals surface area (Å²) < 4.78 is 35.1. The van der Waals surface area contributed by atoms with Gasteiger partial charge in [0.1, 0.15) is 0 Å². The summed E-state index contributed by atoms with van der Waals surface area (Å²) in [6, 6.07) is 0. The zero-order chi connectivity index (χ0) is 10.6. The molecule has 4 nitrogen and oxygen atoms in total. The number of rotatable bonds is 2. The maximum absolute atomic E-state index is 11.7. The van der Waals surface area contributed by atoms with Crippen molar-refractivity contribution in [1.29, 1.82) is 0 Å². The Bertz CT molecular complexity index is 217. The van der Waals surface area contributed by atoms with Crippen molar-refractivity contribution in [1.82, 2.24) is 10.4 Å². The molecule has 0 saturated carbocycles. The summed E-state index contributed by atoms with van der Waals surface area (Å²) in [5, 5.41) is 0. The van der Waals surface area contributed by atoms with Gasteiger partial charge < -0.3 is 4.90 Å². The molecule has 0 aromatic carbocycles. The van der Waals surface area contributed by atoms with Crippen molar-refractivity contribution in [3.8, 4) is 0 Å². The molecule has 1 aliphatic rings. The molecule has 0 aromatic heterocycles. The number of guanidine groups is 1. The first kappa shape index (κ1) is 11.1. The van der Waals surface area contributed by atoms with E-state index in [0.29, 0.717) is 12.5 Å². The van der Waals surface area contributed by atoms with Gasteiger partial charge in [-0.1, -0.05) is 0 Å². The van der Waals surface area contributed by atoms with Gasteiger partial charge in [-0.15, -0.1) is 0 Å². The number of aliphatic imine (C=N–C) groups is 1. The van der Waals surface area contributed by atoms with Crippen molar-refractivity contribution < 1.29 is 18.0 Å². The molecule has 7 heteroatoms. The molecule has 0 bridgehead atoms. The fourth-order valence-corrected chi connectivity index (χ4v) is 1.01. The van der Waals surface area contributed by atoms with Crippen molar-refractivity contribution in [2.75, 3.05) is 26.7 Å². The molecule has 1 N–H and O–H groups in total. The molecule has 0 spiro atoms. The average molecular weight is 211 g/mol. The SMILES string of the molecule is CN1CCCN=C1NOCC(F)(F)F. The van der Waals surface area contributed by atoms with Gasteiger partial charge in [-0.05, 0) is 6.42 Å². The topological polar surface area (TPSA) is 36.9 Å². The molecular weight excluding hydrogens is 199 g/mol. The van der Waals surface area contributed by atoms with Crippen LogP contribution in [0.25, 0.3) is 0 Å². The number of hydrogen-bond donors (Lipinski definition) is 1. The molecule has 0 fully saturated rings. The van der Waals surface area contributed by atoms with Crippen molar-refractivity contribution >= 4 is 5.96 Å². The second-order valence-electron chi connectivity index (χ2n) is 2.99. The van der Waals surface area contributed by atoms with Crippen LogP contribution in [0.3, 0.4) is 0 Å². The number of nitrogens with zero attached hydrogens (tertiary/aromatic N) is 2. The Morgan fingerprint density at radius 3 is 2.86 bits per heavy atom. The molecule has 82 valence electrons. The van der Waals surface area contributed by atoms with Crippen LogP contribution in [-0.2, 0) is 4.84 Å². The smallest absolute Gasteiger partial charge is 0.344 e. The van der Waals surface area contributed by atoms with E-state index in [9.17, 15) is 13.2 Å².